The second-order valence-electron chi connectivity index (χ2n) is 2.82. The Hall–Kier alpha value is -1.13. The minimum atomic E-state index is 0.169. The van der Waals surface area contributed by atoms with Gasteiger partial charge >= 0.3 is 0 Å². The molecule has 2 N–H and O–H groups in total. The Kier molecular flexibility index (Phi) is 4.21. The molecule has 1 aromatic rings. The van der Waals surface area contributed by atoms with Gasteiger partial charge in [-0.15, -0.1) is 6.58 Å². The standard InChI is InChI=1S/C9H15N3O/c1-2-3-12(4-5-13)7-9-6-10-8-11-9/h2,6,8,13H,1,3-5,7H2,(H,10,11). The zero-order valence-electron chi connectivity index (χ0n) is 7.61. The van der Waals surface area contributed by atoms with Gasteiger partial charge in [0.2, 0.25) is 0 Å². The largest absolute Gasteiger partial charge is 0.395 e. The van der Waals surface area contributed by atoms with E-state index in [0.717, 1.165) is 18.8 Å². The fourth-order valence-electron chi connectivity index (χ4n) is 1.17. The quantitative estimate of drug-likeness (QED) is 0.624. The van der Waals surface area contributed by atoms with Crippen molar-refractivity contribution in [1.29, 1.82) is 0 Å². The van der Waals surface area contributed by atoms with Gasteiger partial charge < -0.3 is 10.1 Å². The molecule has 1 rings (SSSR count). The van der Waals surface area contributed by atoms with Gasteiger partial charge in [-0.05, 0) is 0 Å². The summed E-state index contributed by atoms with van der Waals surface area (Å²) in [5.74, 6) is 0. The van der Waals surface area contributed by atoms with Crippen molar-refractivity contribution in [2.24, 2.45) is 0 Å². The van der Waals surface area contributed by atoms with Gasteiger partial charge in [0.15, 0.2) is 0 Å². The molecule has 0 aromatic carbocycles. The lowest BCUT2D eigenvalue weighted by molar-refractivity contribution is 0.202. The Morgan fingerprint density at radius 1 is 1.69 bits per heavy atom. The zero-order valence-corrected chi connectivity index (χ0v) is 7.61. The summed E-state index contributed by atoms with van der Waals surface area (Å²) in [7, 11) is 0. The van der Waals surface area contributed by atoms with E-state index < -0.39 is 0 Å². The summed E-state index contributed by atoms with van der Waals surface area (Å²) in [4.78, 5) is 9.02. The minimum Gasteiger partial charge on any atom is -0.395 e. The summed E-state index contributed by atoms with van der Waals surface area (Å²) in [6.07, 6.45) is 5.26. The monoisotopic (exact) mass is 181 g/mol. The minimum absolute atomic E-state index is 0.169. The second-order valence-corrected chi connectivity index (χ2v) is 2.82. The van der Waals surface area contributed by atoms with Crippen molar-refractivity contribution < 1.29 is 5.11 Å². The SMILES string of the molecule is C=CCN(CCO)Cc1cnc[nH]1. The molecule has 0 aliphatic carbocycles. The molecule has 13 heavy (non-hydrogen) atoms. The van der Waals surface area contributed by atoms with E-state index in [-0.39, 0.29) is 6.61 Å². The molecule has 0 atom stereocenters. The van der Waals surface area contributed by atoms with E-state index in [1.165, 1.54) is 0 Å². The smallest absolute Gasteiger partial charge is 0.0922 e. The normalized spacial score (nSPS) is 10.6. The van der Waals surface area contributed by atoms with E-state index in [0.29, 0.717) is 6.54 Å². The molecule has 0 fully saturated rings. The number of H-pyrrole nitrogens is 1. The Balaban J connectivity index is 2.42. The van der Waals surface area contributed by atoms with Crippen molar-refractivity contribution in [2.45, 2.75) is 6.54 Å². The average Bonchev–Trinajstić information content (AvgIpc) is 2.58. The van der Waals surface area contributed by atoms with Gasteiger partial charge in [0.1, 0.15) is 0 Å². The first-order chi connectivity index (χ1) is 6.36. The lowest BCUT2D eigenvalue weighted by atomic mass is 10.4. The Morgan fingerprint density at radius 3 is 3.08 bits per heavy atom. The average molecular weight is 181 g/mol. The second kappa shape index (κ2) is 5.50. The van der Waals surface area contributed by atoms with E-state index in [2.05, 4.69) is 21.4 Å². The van der Waals surface area contributed by atoms with Gasteiger partial charge in [-0.1, -0.05) is 6.08 Å². The molecule has 4 nitrogen and oxygen atoms in total. The van der Waals surface area contributed by atoms with Crippen LogP contribution >= 0.6 is 0 Å². The molecule has 72 valence electrons. The molecule has 0 saturated heterocycles. The van der Waals surface area contributed by atoms with Crippen LogP contribution in [-0.2, 0) is 6.54 Å². The van der Waals surface area contributed by atoms with Crippen molar-refractivity contribution in [3.63, 3.8) is 0 Å². The van der Waals surface area contributed by atoms with Gasteiger partial charge in [-0.3, -0.25) is 4.90 Å². The highest BCUT2D eigenvalue weighted by atomic mass is 16.3. The summed E-state index contributed by atoms with van der Waals surface area (Å²) in [6.45, 7) is 6.04. The van der Waals surface area contributed by atoms with E-state index in [1.54, 1.807) is 12.5 Å². The van der Waals surface area contributed by atoms with Gasteiger partial charge in [0.25, 0.3) is 0 Å². The van der Waals surface area contributed by atoms with Gasteiger partial charge in [0.05, 0.1) is 12.9 Å². The summed E-state index contributed by atoms with van der Waals surface area (Å²) in [5.41, 5.74) is 1.05. The number of nitrogens with zero attached hydrogens (tertiary/aromatic N) is 2. The fourth-order valence-corrected chi connectivity index (χ4v) is 1.17. The van der Waals surface area contributed by atoms with Gasteiger partial charge in [0, 0.05) is 31.5 Å². The lowest BCUT2D eigenvalue weighted by Gasteiger charge is -2.17. The number of aliphatic hydroxyl groups excluding tert-OH is 1. The molecule has 0 bridgehead atoms. The highest BCUT2D eigenvalue weighted by molar-refractivity contribution is 4.94. The number of hydrogen-bond acceptors (Lipinski definition) is 3. The molecule has 0 aliphatic heterocycles. The van der Waals surface area contributed by atoms with E-state index >= 15 is 0 Å². The maximum atomic E-state index is 8.79. The van der Waals surface area contributed by atoms with Crippen molar-refractivity contribution in [3.8, 4) is 0 Å². The molecule has 0 radical (unpaired) electrons. The van der Waals surface area contributed by atoms with Crippen molar-refractivity contribution in [2.75, 3.05) is 19.7 Å². The molecule has 0 spiro atoms. The number of nitrogens with one attached hydrogen (secondary N) is 1. The molecule has 0 amide bonds. The highest BCUT2D eigenvalue weighted by Gasteiger charge is 2.03. The molecular formula is C9H15N3O. The van der Waals surface area contributed by atoms with E-state index in [1.807, 2.05) is 6.08 Å². The third kappa shape index (κ3) is 3.40. The molecule has 0 aliphatic rings. The van der Waals surface area contributed by atoms with E-state index in [4.69, 9.17) is 5.11 Å². The number of imidazole rings is 1. The first-order valence-corrected chi connectivity index (χ1v) is 4.28. The van der Waals surface area contributed by atoms with Crippen LogP contribution in [0.25, 0.3) is 0 Å². The first-order valence-electron chi connectivity index (χ1n) is 4.28. The third-order valence-corrected chi connectivity index (χ3v) is 1.75. The van der Waals surface area contributed by atoms with Crippen LogP contribution in [0.1, 0.15) is 5.69 Å². The number of rotatable bonds is 6. The molecule has 0 unspecified atom stereocenters. The Labute approximate surface area is 77.9 Å². The van der Waals surface area contributed by atoms with Gasteiger partial charge in [-0.2, -0.15) is 0 Å². The number of aliphatic hydroxyl groups is 1. The highest BCUT2D eigenvalue weighted by Crippen LogP contribution is 1.99. The van der Waals surface area contributed by atoms with Crippen molar-refractivity contribution in [1.82, 2.24) is 14.9 Å². The molecule has 1 aromatic heterocycles. The maximum Gasteiger partial charge on any atom is 0.0922 e. The summed E-state index contributed by atoms with van der Waals surface area (Å²) < 4.78 is 0. The van der Waals surface area contributed by atoms with Crippen LogP contribution in [0.15, 0.2) is 25.2 Å². The number of hydrogen-bond donors (Lipinski definition) is 2. The van der Waals surface area contributed by atoms with Crippen LogP contribution in [0, 0.1) is 0 Å². The molecule has 1 heterocycles. The topological polar surface area (TPSA) is 52.1 Å². The third-order valence-electron chi connectivity index (χ3n) is 1.75. The van der Waals surface area contributed by atoms with Crippen LogP contribution < -0.4 is 0 Å². The lowest BCUT2D eigenvalue weighted by Crippen LogP contribution is -2.26. The molecule has 0 saturated carbocycles. The maximum absolute atomic E-state index is 8.79. The van der Waals surface area contributed by atoms with E-state index in [9.17, 15) is 0 Å². The molecule has 4 heteroatoms. The summed E-state index contributed by atoms with van der Waals surface area (Å²) in [6, 6.07) is 0. The fraction of sp³-hybridized carbons (Fsp3) is 0.444. The first kappa shape index (κ1) is 9.95. The van der Waals surface area contributed by atoms with Crippen LogP contribution in [0.3, 0.4) is 0 Å². The summed E-state index contributed by atoms with van der Waals surface area (Å²) >= 11 is 0. The van der Waals surface area contributed by atoms with Crippen molar-refractivity contribution >= 4 is 0 Å². The number of aromatic amines is 1. The Bertz CT molecular complexity index is 233. The van der Waals surface area contributed by atoms with Crippen LogP contribution in [0.4, 0.5) is 0 Å². The van der Waals surface area contributed by atoms with Crippen LogP contribution in [-0.4, -0.2) is 39.7 Å². The predicted octanol–water partition coefficient (Wildman–Crippen LogP) is 0.390. The number of aromatic nitrogens is 2. The Morgan fingerprint density at radius 2 is 2.54 bits per heavy atom. The predicted molar refractivity (Wildman–Crippen MR) is 51.1 cm³/mol. The van der Waals surface area contributed by atoms with Crippen LogP contribution in [0.5, 0.6) is 0 Å². The zero-order chi connectivity index (χ0) is 9.52. The van der Waals surface area contributed by atoms with Crippen molar-refractivity contribution in [3.05, 3.63) is 30.9 Å². The van der Waals surface area contributed by atoms with Gasteiger partial charge in [-0.25, -0.2) is 4.98 Å². The summed E-state index contributed by atoms with van der Waals surface area (Å²) in [5, 5.41) is 8.79. The van der Waals surface area contributed by atoms with Crippen LogP contribution in [0.2, 0.25) is 0 Å². The molecular weight excluding hydrogens is 166 g/mol.